The fraction of sp³-hybridized carbons (Fsp3) is 0.100. The van der Waals surface area contributed by atoms with Crippen molar-refractivity contribution in [2.45, 2.75) is 11.8 Å². The molecule has 0 bridgehead atoms. The van der Waals surface area contributed by atoms with E-state index in [1.54, 1.807) is 6.07 Å². The van der Waals surface area contributed by atoms with E-state index >= 15 is 0 Å². The fourth-order valence-electron chi connectivity index (χ4n) is 1.36. The molecule has 1 heterocycles. The van der Waals surface area contributed by atoms with E-state index in [0.29, 0.717) is 0 Å². The second-order valence-corrected chi connectivity index (χ2v) is 5.81. The van der Waals surface area contributed by atoms with Gasteiger partial charge < -0.3 is 0 Å². The van der Waals surface area contributed by atoms with Crippen LogP contribution >= 0.6 is 10.7 Å². The van der Waals surface area contributed by atoms with Crippen LogP contribution < -0.4 is 0 Å². The highest BCUT2D eigenvalue weighted by Gasteiger charge is 2.10. The van der Waals surface area contributed by atoms with Gasteiger partial charge in [0, 0.05) is 21.8 Å². The molecule has 0 atom stereocenters. The van der Waals surface area contributed by atoms with Crippen LogP contribution in [0.2, 0.25) is 0 Å². The Morgan fingerprint density at radius 3 is 2.60 bits per heavy atom. The molecule has 0 aliphatic heterocycles. The van der Waals surface area contributed by atoms with Crippen molar-refractivity contribution in [3.05, 3.63) is 36.0 Å². The van der Waals surface area contributed by atoms with Crippen molar-refractivity contribution < 1.29 is 8.42 Å². The van der Waals surface area contributed by atoms with Crippen molar-refractivity contribution in [2.75, 3.05) is 0 Å². The maximum absolute atomic E-state index is 11.1. The minimum absolute atomic E-state index is 0.0994. The van der Waals surface area contributed by atoms with Crippen molar-refractivity contribution in [1.82, 2.24) is 4.98 Å². The maximum atomic E-state index is 11.1. The van der Waals surface area contributed by atoms with E-state index in [4.69, 9.17) is 10.7 Å². The van der Waals surface area contributed by atoms with Crippen LogP contribution in [0.4, 0.5) is 0 Å². The van der Waals surface area contributed by atoms with Gasteiger partial charge in [0.25, 0.3) is 9.05 Å². The zero-order valence-electron chi connectivity index (χ0n) is 7.94. The lowest BCUT2D eigenvalue weighted by atomic mass is 10.2. The van der Waals surface area contributed by atoms with Crippen LogP contribution in [0.5, 0.6) is 0 Å². The fourth-order valence-corrected chi connectivity index (χ4v) is 2.14. The predicted octanol–water partition coefficient (Wildman–Crippen LogP) is 2.47. The topological polar surface area (TPSA) is 47.0 Å². The summed E-state index contributed by atoms with van der Waals surface area (Å²) < 4.78 is 22.2. The van der Waals surface area contributed by atoms with Gasteiger partial charge >= 0.3 is 0 Å². The van der Waals surface area contributed by atoms with Gasteiger partial charge in [-0.2, -0.15) is 0 Å². The third-order valence-corrected chi connectivity index (χ3v) is 3.43. The Kier molecular flexibility index (Phi) is 2.40. The molecule has 0 spiro atoms. The third kappa shape index (κ3) is 2.11. The van der Waals surface area contributed by atoms with Gasteiger partial charge in [-0.3, -0.25) is 4.98 Å². The smallest absolute Gasteiger partial charge is 0.253 e. The normalized spacial score (nSPS) is 11.9. The molecule has 2 rings (SSSR count). The number of aryl methyl sites for hydroxylation is 1. The molecular weight excluding hydrogens is 234 g/mol. The van der Waals surface area contributed by atoms with Crippen molar-refractivity contribution in [2.24, 2.45) is 0 Å². The molecule has 0 saturated heterocycles. The number of hydrogen-bond acceptors (Lipinski definition) is 3. The van der Waals surface area contributed by atoms with Crippen molar-refractivity contribution in [3.63, 3.8) is 0 Å². The lowest BCUT2D eigenvalue weighted by Crippen LogP contribution is -1.91. The number of hydrogen-bond donors (Lipinski definition) is 0. The highest BCUT2D eigenvalue weighted by Crippen LogP contribution is 2.20. The number of aromatic nitrogens is 1. The zero-order valence-corrected chi connectivity index (χ0v) is 9.51. The van der Waals surface area contributed by atoms with E-state index in [1.165, 1.54) is 12.1 Å². The summed E-state index contributed by atoms with van der Waals surface area (Å²) in [5.41, 5.74) is 1.66. The molecule has 2 aromatic rings. The van der Waals surface area contributed by atoms with Crippen LogP contribution in [0.25, 0.3) is 10.9 Å². The van der Waals surface area contributed by atoms with E-state index in [1.807, 2.05) is 19.1 Å². The minimum atomic E-state index is -3.66. The Balaban J connectivity index is 2.73. The first kappa shape index (κ1) is 10.4. The van der Waals surface area contributed by atoms with Gasteiger partial charge in [-0.15, -0.1) is 0 Å². The van der Waals surface area contributed by atoms with E-state index in [2.05, 4.69) is 4.98 Å². The van der Waals surface area contributed by atoms with Gasteiger partial charge in [0.1, 0.15) is 0 Å². The number of pyridine rings is 1. The second kappa shape index (κ2) is 3.47. The first-order valence-corrected chi connectivity index (χ1v) is 6.60. The Morgan fingerprint density at radius 1 is 1.20 bits per heavy atom. The van der Waals surface area contributed by atoms with Crippen LogP contribution in [0.3, 0.4) is 0 Å². The molecule has 0 aliphatic carbocycles. The second-order valence-electron chi connectivity index (χ2n) is 3.24. The van der Waals surface area contributed by atoms with Crippen LogP contribution in [0.15, 0.2) is 35.2 Å². The molecular formula is C10H8ClNO2S. The molecule has 0 N–H and O–H groups in total. The molecule has 1 aromatic heterocycles. The molecule has 0 aliphatic rings. The molecule has 15 heavy (non-hydrogen) atoms. The quantitative estimate of drug-likeness (QED) is 0.721. The number of fused-ring (bicyclic) bond motifs is 1. The summed E-state index contributed by atoms with van der Waals surface area (Å²) >= 11 is 0. The molecule has 78 valence electrons. The van der Waals surface area contributed by atoms with Crippen LogP contribution in [0.1, 0.15) is 5.69 Å². The summed E-state index contributed by atoms with van der Waals surface area (Å²) in [7, 11) is 1.58. The monoisotopic (exact) mass is 241 g/mol. The summed E-state index contributed by atoms with van der Waals surface area (Å²) in [6, 6.07) is 8.27. The number of benzene rings is 1. The molecule has 5 heteroatoms. The minimum Gasteiger partial charge on any atom is -0.253 e. The van der Waals surface area contributed by atoms with Crippen LogP contribution in [-0.2, 0) is 9.05 Å². The lowest BCUT2D eigenvalue weighted by Gasteiger charge is -2.00. The molecule has 0 saturated carbocycles. The van der Waals surface area contributed by atoms with E-state index in [9.17, 15) is 8.42 Å². The highest BCUT2D eigenvalue weighted by molar-refractivity contribution is 8.13. The van der Waals surface area contributed by atoms with Crippen molar-refractivity contribution >= 4 is 30.6 Å². The summed E-state index contributed by atoms with van der Waals surface area (Å²) in [6.07, 6.45) is 0. The van der Waals surface area contributed by atoms with Crippen LogP contribution in [0, 0.1) is 6.92 Å². The zero-order chi connectivity index (χ0) is 11.1. The Hall–Kier alpha value is -1.13. The standard InChI is InChI=1S/C10H8ClNO2S/c1-7-2-3-8-6-9(15(11,13)14)4-5-10(8)12-7/h2-6H,1H3. The largest absolute Gasteiger partial charge is 0.261 e. The van der Waals surface area contributed by atoms with Gasteiger partial charge in [-0.25, -0.2) is 8.42 Å². The summed E-state index contributed by atoms with van der Waals surface area (Å²) in [5.74, 6) is 0. The molecule has 1 aromatic carbocycles. The summed E-state index contributed by atoms with van der Waals surface area (Å²) in [4.78, 5) is 4.36. The van der Waals surface area contributed by atoms with Gasteiger partial charge in [0.05, 0.1) is 10.4 Å². The highest BCUT2D eigenvalue weighted by atomic mass is 35.7. The average molecular weight is 242 g/mol. The molecule has 0 amide bonds. The van der Waals surface area contributed by atoms with Crippen molar-refractivity contribution in [1.29, 1.82) is 0 Å². The predicted molar refractivity (Wildman–Crippen MR) is 59.5 cm³/mol. The van der Waals surface area contributed by atoms with Gasteiger partial charge in [-0.05, 0) is 31.2 Å². The first-order chi connectivity index (χ1) is 6.97. The van der Waals surface area contributed by atoms with E-state index in [0.717, 1.165) is 16.6 Å². The Bertz CT molecular complexity index is 622. The van der Waals surface area contributed by atoms with Gasteiger partial charge in [0.2, 0.25) is 0 Å². The Labute approximate surface area is 92.1 Å². The lowest BCUT2D eigenvalue weighted by molar-refractivity contribution is 0.609. The molecule has 3 nitrogen and oxygen atoms in total. The summed E-state index contributed by atoms with van der Waals surface area (Å²) in [6.45, 7) is 1.88. The third-order valence-electron chi connectivity index (χ3n) is 2.08. The average Bonchev–Trinajstić information content (AvgIpc) is 2.15. The number of nitrogens with zero attached hydrogens (tertiary/aromatic N) is 1. The molecule has 0 fully saturated rings. The van der Waals surface area contributed by atoms with Crippen LogP contribution in [-0.4, -0.2) is 13.4 Å². The number of halogens is 1. The molecule has 0 radical (unpaired) electrons. The SMILES string of the molecule is Cc1ccc2cc(S(=O)(=O)Cl)ccc2n1. The maximum Gasteiger partial charge on any atom is 0.261 e. The summed E-state index contributed by atoms with van der Waals surface area (Å²) in [5, 5.41) is 0.766. The van der Waals surface area contributed by atoms with Crippen molar-refractivity contribution in [3.8, 4) is 0 Å². The van der Waals surface area contributed by atoms with E-state index in [-0.39, 0.29) is 4.90 Å². The Morgan fingerprint density at radius 2 is 1.93 bits per heavy atom. The van der Waals surface area contributed by atoms with Gasteiger partial charge in [-0.1, -0.05) is 6.07 Å². The number of rotatable bonds is 1. The van der Waals surface area contributed by atoms with E-state index < -0.39 is 9.05 Å². The molecule has 0 unspecified atom stereocenters. The van der Waals surface area contributed by atoms with Gasteiger partial charge in [0.15, 0.2) is 0 Å². The first-order valence-electron chi connectivity index (χ1n) is 4.29.